The number of amides is 1. The third kappa shape index (κ3) is 3.34. The number of hydrogen-bond acceptors (Lipinski definition) is 5. The number of nitrogens with one attached hydrogen (secondary N) is 1. The predicted octanol–water partition coefficient (Wildman–Crippen LogP) is 0.760. The van der Waals surface area contributed by atoms with Gasteiger partial charge < -0.3 is 19.9 Å². The summed E-state index contributed by atoms with van der Waals surface area (Å²) in [5.41, 5.74) is 0. The summed E-state index contributed by atoms with van der Waals surface area (Å²) < 4.78 is 5.30. The molecule has 3 rings (SSSR count). The second kappa shape index (κ2) is 6.81. The van der Waals surface area contributed by atoms with Crippen molar-refractivity contribution in [2.45, 2.75) is 18.6 Å². The molecule has 1 aromatic rings. The van der Waals surface area contributed by atoms with Gasteiger partial charge in [-0.3, -0.25) is 4.79 Å². The molecule has 3 heterocycles. The first-order valence-electron chi connectivity index (χ1n) is 7.59. The van der Waals surface area contributed by atoms with E-state index in [0.29, 0.717) is 5.02 Å². The Morgan fingerprint density at radius 1 is 1.36 bits per heavy atom. The summed E-state index contributed by atoms with van der Waals surface area (Å²) in [5.74, 6) is 1.10. The van der Waals surface area contributed by atoms with E-state index in [-0.39, 0.29) is 18.1 Å². The number of nitrogens with zero attached hydrogens (tertiary/aromatic N) is 3. The van der Waals surface area contributed by atoms with Crippen LogP contribution < -0.4 is 10.2 Å². The Morgan fingerprint density at radius 2 is 2.14 bits per heavy atom. The van der Waals surface area contributed by atoms with Crippen molar-refractivity contribution in [3.63, 3.8) is 0 Å². The van der Waals surface area contributed by atoms with Crippen LogP contribution in [0.2, 0.25) is 5.02 Å². The molecule has 0 bridgehead atoms. The number of piperazine rings is 1. The number of ether oxygens (including phenoxy) is 1. The van der Waals surface area contributed by atoms with Crippen molar-refractivity contribution in [3.8, 4) is 0 Å². The summed E-state index contributed by atoms with van der Waals surface area (Å²) in [6.07, 6.45) is 2.56. The van der Waals surface area contributed by atoms with Crippen LogP contribution in [0.1, 0.15) is 6.42 Å². The van der Waals surface area contributed by atoms with Crippen LogP contribution in [-0.4, -0.2) is 67.8 Å². The number of rotatable bonds is 3. The minimum absolute atomic E-state index is 0.106. The van der Waals surface area contributed by atoms with E-state index < -0.39 is 0 Å². The van der Waals surface area contributed by atoms with Crippen molar-refractivity contribution in [3.05, 3.63) is 23.4 Å². The number of methoxy groups -OCH3 is 1. The normalized spacial score (nSPS) is 25.5. The number of anilines is 1. The molecule has 2 aliphatic rings. The van der Waals surface area contributed by atoms with Gasteiger partial charge in [0.2, 0.25) is 5.91 Å². The van der Waals surface area contributed by atoms with E-state index in [0.717, 1.165) is 45.0 Å². The summed E-state index contributed by atoms with van der Waals surface area (Å²) in [7, 11) is 1.69. The number of halogens is 1. The van der Waals surface area contributed by atoms with Gasteiger partial charge >= 0.3 is 0 Å². The van der Waals surface area contributed by atoms with Crippen LogP contribution in [0, 0.1) is 0 Å². The second-order valence-corrected chi connectivity index (χ2v) is 6.14. The van der Waals surface area contributed by atoms with E-state index in [1.54, 1.807) is 13.3 Å². The fraction of sp³-hybridized carbons (Fsp3) is 0.600. The van der Waals surface area contributed by atoms with Crippen LogP contribution in [0.25, 0.3) is 0 Å². The Hall–Kier alpha value is -1.37. The van der Waals surface area contributed by atoms with Crippen molar-refractivity contribution in [2.24, 2.45) is 0 Å². The monoisotopic (exact) mass is 324 g/mol. The third-order valence-electron chi connectivity index (χ3n) is 4.35. The first kappa shape index (κ1) is 15.5. The number of pyridine rings is 1. The van der Waals surface area contributed by atoms with Gasteiger partial charge in [0.15, 0.2) is 0 Å². The van der Waals surface area contributed by atoms with E-state index in [4.69, 9.17) is 16.3 Å². The minimum Gasteiger partial charge on any atom is -0.380 e. The summed E-state index contributed by atoms with van der Waals surface area (Å²) in [5, 5.41) is 3.88. The first-order valence-corrected chi connectivity index (χ1v) is 7.96. The van der Waals surface area contributed by atoms with Gasteiger partial charge in [-0.05, 0) is 18.6 Å². The zero-order chi connectivity index (χ0) is 15.5. The van der Waals surface area contributed by atoms with E-state index in [1.807, 2.05) is 17.0 Å². The molecule has 2 saturated heterocycles. The molecule has 0 spiro atoms. The van der Waals surface area contributed by atoms with E-state index >= 15 is 0 Å². The van der Waals surface area contributed by atoms with Crippen LogP contribution in [0.5, 0.6) is 0 Å². The van der Waals surface area contributed by atoms with Gasteiger partial charge in [0.25, 0.3) is 0 Å². The maximum atomic E-state index is 12.5. The van der Waals surface area contributed by atoms with E-state index in [1.165, 1.54) is 0 Å². The second-order valence-electron chi connectivity index (χ2n) is 5.70. The van der Waals surface area contributed by atoms with Crippen LogP contribution in [0.15, 0.2) is 18.3 Å². The van der Waals surface area contributed by atoms with Crippen molar-refractivity contribution in [1.29, 1.82) is 0 Å². The molecular weight excluding hydrogens is 304 g/mol. The molecule has 0 aliphatic carbocycles. The fourth-order valence-electron chi connectivity index (χ4n) is 3.00. The molecule has 120 valence electrons. The van der Waals surface area contributed by atoms with Crippen molar-refractivity contribution in [2.75, 3.05) is 44.7 Å². The lowest BCUT2D eigenvalue weighted by Gasteiger charge is -2.36. The molecule has 1 aromatic heterocycles. The van der Waals surface area contributed by atoms with Gasteiger partial charge in [0.05, 0.1) is 17.2 Å². The molecule has 2 fully saturated rings. The van der Waals surface area contributed by atoms with Gasteiger partial charge in [-0.1, -0.05) is 11.6 Å². The van der Waals surface area contributed by atoms with Gasteiger partial charge in [0, 0.05) is 46.0 Å². The predicted molar refractivity (Wildman–Crippen MR) is 85.2 cm³/mol. The Balaban J connectivity index is 1.53. The summed E-state index contributed by atoms with van der Waals surface area (Å²) in [6.45, 7) is 3.78. The standard InChI is InChI=1S/C15H21ClN4O2/c1-22-12-8-13(17-10-12)15(21)20-6-4-19(5-7-20)14-3-2-11(16)9-18-14/h2-3,9,12-13,17H,4-8,10H2,1H3/t12-,13-/m0/s1. The number of aromatic nitrogens is 1. The Bertz CT molecular complexity index is 517. The van der Waals surface area contributed by atoms with Crippen LogP contribution in [0.4, 0.5) is 5.82 Å². The molecular formula is C15H21ClN4O2. The number of hydrogen-bond donors (Lipinski definition) is 1. The lowest BCUT2D eigenvalue weighted by Crippen LogP contribution is -2.53. The molecule has 0 aromatic carbocycles. The zero-order valence-corrected chi connectivity index (χ0v) is 13.4. The minimum atomic E-state index is -0.106. The highest BCUT2D eigenvalue weighted by Gasteiger charge is 2.33. The summed E-state index contributed by atoms with van der Waals surface area (Å²) in [6, 6.07) is 3.65. The highest BCUT2D eigenvalue weighted by Crippen LogP contribution is 2.18. The van der Waals surface area contributed by atoms with E-state index in [2.05, 4.69) is 15.2 Å². The highest BCUT2D eigenvalue weighted by molar-refractivity contribution is 6.30. The Kier molecular flexibility index (Phi) is 4.81. The number of carbonyl (C=O) groups is 1. The molecule has 0 saturated carbocycles. The van der Waals surface area contributed by atoms with Crippen LogP contribution >= 0.6 is 11.6 Å². The van der Waals surface area contributed by atoms with Gasteiger partial charge in [0.1, 0.15) is 5.82 Å². The molecule has 0 radical (unpaired) electrons. The Morgan fingerprint density at radius 3 is 2.73 bits per heavy atom. The van der Waals surface area contributed by atoms with Crippen molar-refractivity contribution in [1.82, 2.24) is 15.2 Å². The SMILES string of the molecule is CO[C@@H]1CN[C@H](C(=O)N2CCN(c3ccc(Cl)cn3)CC2)C1. The van der Waals surface area contributed by atoms with Gasteiger partial charge in [-0.15, -0.1) is 0 Å². The summed E-state index contributed by atoms with van der Waals surface area (Å²) in [4.78, 5) is 21.0. The quantitative estimate of drug-likeness (QED) is 0.889. The first-order chi connectivity index (χ1) is 10.7. The van der Waals surface area contributed by atoms with Crippen molar-refractivity contribution < 1.29 is 9.53 Å². The maximum absolute atomic E-state index is 12.5. The molecule has 2 aliphatic heterocycles. The molecule has 2 atom stereocenters. The topological polar surface area (TPSA) is 57.7 Å². The Labute approximate surface area is 135 Å². The number of carbonyl (C=O) groups excluding carboxylic acids is 1. The van der Waals surface area contributed by atoms with Crippen molar-refractivity contribution >= 4 is 23.3 Å². The highest BCUT2D eigenvalue weighted by atomic mass is 35.5. The lowest BCUT2D eigenvalue weighted by molar-refractivity contribution is -0.133. The molecule has 0 unspecified atom stereocenters. The molecule has 1 N–H and O–H groups in total. The lowest BCUT2D eigenvalue weighted by atomic mass is 10.1. The smallest absolute Gasteiger partial charge is 0.239 e. The molecule has 6 nitrogen and oxygen atoms in total. The third-order valence-corrected chi connectivity index (χ3v) is 4.57. The molecule has 7 heteroatoms. The average Bonchev–Trinajstić information content (AvgIpc) is 3.04. The average molecular weight is 325 g/mol. The van der Waals surface area contributed by atoms with Gasteiger partial charge in [-0.25, -0.2) is 4.98 Å². The molecule has 1 amide bonds. The maximum Gasteiger partial charge on any atom is 0.239 e. The largest absolute Gasteiger partial charge is 0.380 e. The zero-order valence-electron chi connectivity index (χ0n) is 12.7. The van der Waals surface area contributed by atoms with E-state index in [9.17, 15) is 4.79 Å². The fourth-order valence-corrected chi connectivity index (χ4v) is 3.11. The van der Waals surface area contributed by atoms with Crippen LogP contribution in [-0.2, 0) is 9.53 Å². The van der Waals surface area contributed by atoms with Gasteiger partial charge in [-0.2, -0.15) is 0 Å². The molecule has 22 heavy (non-hydrogen) atoms. The van der Waals surface area contributed by atoms with Crippen LogP contribution in [0.3, 0.4) is 0 Å². The summed E-state index contributed by atoms with van der Waals surface area (Å²) >= 11 is 5.86.